The highest BCUT2D eigenvalue weighted by Crippen LogP contribution is 2.28. The van der Waals surface area contributed by atoms with E-state index in [2.05, 4.69) is 10.3 Å². The molecule has 1 amide bonds. The van der Waals surface area contributed by atoms with Crippen molar-refractivity contribution < 1.29 is 9.18 Å². The molecule has 2 aliphatic rings. The van der Waals surface area contributed by atoms with E-state index in [4.69, 9.17) is 0 Å². The average molecular weight is 373 g/mol. The fraction of sp³-hybridized carbons (Fsp3) is 0.500. The molecule has 4 rings (SSSR count). The Balaban J connectivity index is 1.29. The molecule has 0 bridgehead atoms. The van der Waals surface area contributed by atoms with Crippen LogP contribution in [0.2, 0.25) is 0 Å². The van der Waals surface area contributed by atoms with Crippen molar-refractivity contribution in [1.82, 2.24) is 15.2 Å². The maximum atomic E-state index is 13.0. The molecule has 6 heteroatoms. The van der Waals surface area contributed by atoms with Crippen LogP contribution in [0.5, 0.6) is 0 Å². The summed E-state index contributed by atoms with van der Waals surface area (Å²) in [7, 11) is 0. The van der Waals surface area contributed by atoms with E-state index < -0.39 is 0 Å². The Kier molecular flexibility index (Phi) is 5.31. The fourth-order valence-corrected chi connectivity index (χ4v) is 4.17. The standard InChI is InChI=1S/C20H24FN3OS/c21-16-5-3-14(4-6-16)11-19-23-18(13-26-19)20(25)24-9-7-17(8-10-24)22-12-15-1-2-15/h3-6,13,15,17,22H,1-2,7-12H2. The quantitative estimate of drug-likeness (QED) is 0.843. The van der Waals surface area contributed by atoms with Crippen LogP contribution in [0.25, 0.3) is 0 Å². The molecule has 1 N–H and O–H groups in total. The Morgan fingerprint density at radius 3 is 2.62 bits per heavy atom. The number of carbonyl (C=O) groups is 1. The highest BCUT2D eigenvalue weighted by molar-refractivity contribution is 7.09. The van der Waals surface area contributed by atoms with Gasteiger partial charge in [-0.3, -0.25) is 4.79 Å². The van der Waals surface area contributed by atoms with Gasteiger partial charge in [0.2, 0.25) is 0 Å². The van der Waals surface area contributed by atoms with E-state index in [1.807, 2.05) is 10.3 Å². The van der Waals surface area contributed by atoms with Gasteiger partial charge in [-0.25, -0.2) is 9.37 Å². The summed E-state index contributed by atoms with van der Waals surface area (Å²) >= 11 is 1.50. The number of aromatic nitrogens is 1. The van der Waals surface area contributed by atoms with E-state index in [1.54, 1.807) is 12.1 Å². The monoisotopic (exact) mass is 373 g/mol. The largest absolute Gasteiger partial charge is 0.337 e. The van der Waals surface area contributed by atoms with Gasteiger partial charge in [0, 0.05) is 30.9 Å². The molecule has 26 heavy (non-hydrogen) atoms. The lowest BCUT2D eigenvalue weighted by atomic mass is 10.0. The zero-order valence-corrected chi connectivity index (χ0v) is 15.6. The normalized spacial score (nSPS) is 18.3. The molecule has 2 fully saturated rings. The third-order valence-corrected chi connectivity index (χ3v) is 6.06. The molecule has 1 saturated carbocycles. The number of carbonyl (C=O) groups excluding carboxylic acids is 1. The number of nitrogens with one attached hydrogen (secondary N) is 1. The number of nitrogens with zero attached hydrogens (tertiary/aromatic N) is 2. The Hall–Kier alpha value is -1.79. The molecule has 1 aliphatic heterocycles. The second kappa shape index (κ2) is 7.84. The second-order valence-electron chi connectivity index (χ2n) is 7.35. The number of hydrogen-bond donors (Lipinski definition) is 1. The molecule has 2 heterocycles. The Morgan fingerprint density at radius 1 is 1.19 bits per heavy atom. The third-order valence-electron chi connectivity index (χ3n) is 5.21. The number of benzene rings is 1. The number of rotatable bonds is 6. The highest BCUT2D eigenvalue weighted by atomic mass is 32.1. The molecule has 1 saturated heterocycles. The SMILES string of the molecule is O=C(c1csc(Cc2ccc(F)cc2)n1)N1CCC(NCC2CC2)CC1. The number of amides is 1. The lowest BCUT2D eigenvalue weighted by Gasteiger charge is -2.32. The highest BCUT2D eigenvalue weighted by Gasteiger charge is 2.27. The van der Waals surface area contributed by atoms with Gasteiger partial charge in [-0.05, 0) is 55.8 Å². The first-order valence-corrected chi connectivity index (χ1v) is 10.3. The van der Waals surface area contributed by atoms with E-state index in [0.29, 0.717) is 18.2 Å². The molecule has 0 unspecified atom stereocenters. The van der Waals surface area contributed by atoms with Crippen molar-refractivity contribution in [3.05, 3.63) is 51.7 Å². The van der Waals surface area contributed by atoms with Crippen molar-refractivity contribution in [2.24, 2.45) is 5.92 Å². The first-order chi connectivity index (χ1) is 12.7. The molecular weight excluding hydrogens is 349 g/mol. The molecule has 2 aromatic rings. The van der Waals surface area contributed by atoms with Crippen LogP contribution in [-0.2, 0) is 6.42 Å². The number of hydrogen-bond acceptors (Lipinski definition) is 4. The zero-order chi connectivity index (χ0) is 17.9. The Morgan fingerprint density at radius 2 is 1.92 bits per heavy atom. The fourth-order valence-electron chi connectivity index (χ4n) is 3.37. The van der Waals surface area contributed by atoms with Gasteiger partial charge in [-0.2, -0.15) is 0 Å². The predicted molar refractivity (Wildman–Crippen MR) is 101 cm³/mol. The van der Waals surface area contributed by atoms with Crippen molar-refractivity contribution >= 4 is 17.2 Å². The van der Waals surface area contributed by atoms with Crippen molar-refractivity contribution in [3.8, 4) is 0 Å². The van der Waals surface area contributed by atoms with E-state index >= 15 is 0 Å². The van der Waals surface area contributed by atoms with Gasteiger partial charge < -0.3 is 10.2 Å². The third kappa shape index (κ3) is 4.48. The van der Waals surface area contributed by atoms with Crippen molar-refractivity contribution in [2.45, 2.75) is 38.1 Å². The van der Waals surface area contributed by atoms with Gasteiger partial charge in [0.05, 0.1) is 5.01 Å². The minimum absolute atomic E-state index is 0.0345. The van der Waals surface area contributed by atoms with E-state index in [0.717, 1.165) is 49.0 Å². The first kappa shape index (κ1) is 17.6. The van der Waals surface area contributed by atoms with Crippen LogP contribution in [0.4, 0.5) is 4.39 Å². The predicted octanol–water partition coefficient (Wildman–Crippen LogP) is 3.48. The molecule has 0 atom stereocenters. The zero-order valence-electron chi connectivity index (χ0n) is 14.8. The van der Waals surface area contributed by atoms with E-state index in [1.165, 1.54) is 36.3 Å². The summed E-state index contributed by atoms with van der Waals surface area (Å²) in [6, 6.07) is 6.98. The lowest BCUT2D eigenvalue weighted by molar-refractivity contribution is 0.0699. The summed E-state index contributed by atoms with van der Waals surface area (Å²) < 4.78 is 13.0. The average Bonchev–Trinajstić information content (AvgIpc) is 3.39. The van der Waals surface area contributed by atoms with Gasteiger partial charge in [0.25, 0.3) is 5.91 Å². The molecular formula is C20H24FN3OS. The van der Waals surface area contributed by atoms with Gasteiger partial charge in [-0.15, -0.1) is 11.3 Å². The summed E-state index contributed by atoms with van der Waals surface area (Å²) in [5.74, 6) is 0.690. The summed E-state index contributed by atoms with van der Waals surface area (Å²) in [5.41, 5.74) is 1.54. The minimum atomic E-state index is -0.237. The Bertz CT molecular complexity index is 749. The van der Waals surface area contributed by atoms with E-state index in [-0.39, 0.29) is 11.7 Å². The van der Waals surface area contributed by atoms with Crippen LogP contribution in [0, 0.1) is 11.7 Å². The van der Waals surface area contributed by atoms with Crippen LogP contribution in [-0.4, -0.2) is 41.5 Å². The van der Waals surface area contributed by atoms with Crippen molar-refractivity contribution in [1.29, 1.82) is 0 Å². The molecule has 0 spiro atoms. The maximum absolute atomic E-state index is 13.0. The van der Waals surface area contributed by atoms with Crippen LogP contribution < -0.4 is 5.32 Å². The molecule has 0 radical (unpaired) electrons. The second-order valence-corrected chi connectivity index (χ2v) is 8.29. The van der Waals surface area contributed by atoms with Crippen LogP contribution in [0.1, 0.15) is 46.7 Å². The topological polar surface area (TPSA) is 45.2 Å². The first-order valence-electron chi connectivity index (χ1n) is 9.39. The lowest BCUT2D eigenvalue weighted by Crippen LogP contribution is -2.45. The van der Waals surface area contributed by atoms with E-state index in [9.17, 15) is 9.18 Å². The van der Waals surface area contributed by atoms with Crippen LogP contribution in [0.3, 0.4) is 0 Å². The van der Waals surface area contributed by atoms with Gasteiger partial charge in [-0.1, -0.05) is 12.1 Å². The number of halogens is 1. The molecule has 1 aliphatic carbocycles. The maximum Gasteiger partial charge on any atom is 0.273 e. The van der Waals surface area contributed by atoms with Gasteiger partial charge >= 0.3 is 0 Å². The van der Waals surface area contributed by atoms with Crippen molar-refractivity contribution in [2.75, 3.05) is 19.6 Å². The summed E-state index contributed by atoms with van der Waals surface area (Å²) in [5, 5.41) is 6.38. The smallest absolute Gasteiger partial charge is 0.273 e. The number of thiazole rings is 1. The minimum Gasteiger partial charge on any atom is -0.337 e. The molecule has 1 aromatic carbocycles. The van der Waals surface area contributed by atoms with Gasteiger partial charge in [0.1, 0.15) is 11.5 Å². The van der Waals surface area contributed by atoms with Crippen molar-refractivity contribution in [3.63, 3.8) is 0 Å². The number of likely N-dealkylation sites (tertiary alicyclic amines) is 1. The molecule has 1 aromatic heterocycles. The molecule has 4 nitrogen and oxygen atoms in total. The van der Waals surface area contributed by atoms with Crippen LogP contribution >= 0.6 is 11.3 Å². The summed E-state index contributed by atoms with van der Waals surface area (Å²) in [4.78, 5) is 19.1. The molecule has 138 valence electrons. The Labute approximate surface area is 157 Å². The summed E-state index contributed by atoms with van der Waals surface area (Å²) in [6.07, 6.45) is 5.41. The summed E-state index contributed by atoms with van der Waals surface area (Å²) in [6.45, 7) is 2.73. The van der Waals surface area contributed by atoms with Crippen LogP contribution in [0.15, 0.2) is 29.6 Å². The van der Waals surface area contributed by atoms with Gasteiger partial charge in [0.15, 0.2) is 0 Å². The number of piperidine rings is 1.